The minimum Gasteiger partial charge on any atom is -0.480 e. The van der Waals surface area contributed by atoms with Crippen LogP contribution in [-0.2, 0) is 4.79 Å². The second-order valence-electron chi connectivity index (χ2n) is 6.29. The van der Waals surface area contributed by atoms with Crippen molar-refractivity contribution in [2.75, 3.05) is 0 Å². The molecule has 0 aliphatic carbocycles. The predicted molar refractivity (Wildman–Crippen MR) is 103 cm³/mol. The molecule has 2 atom stereocenters. The van der Waals surface area contributed by atoms with E-state index in [-0.39, 0.29) is 4.83 Å². The number of hydrogen-bond acceptors (Lipinski definition) is 1. The van der Waals surface area contributed by atoms with E-state index in [1.54, 1.807) is 0 Å². The van der Waals surface area contributed by atoms with Gasteiger partial charge in [-0.1, -0.05) is 122 Å². The minimum absolute atomic E-state index is 0.0395. The van der Waals surface area contributed by atoms with E-state index in [1.807, 2.05) is 0 Å². The zero-order valence-corrected chi connectivity index (χ0v) is 17.3. The summed E-state index contributed by atoms with van der Waals surface area (Å²) >= 11 is 6.65. The molecule has 0 aromatic heterocycles. The molecule has 22 heavy (non-hydrogen) atoms. The molecule has 132 valence electrons. The normalized spacial score (nSPS) is 14.0. The summed E-state index contributed by atoms with van der Waals surface area (Å²) in [6.07, 6.45) is 18.5. The lowest BCUT2D eigenvalue weighted by atomic mass is 10.0. The third kappa shape index (κ3) is 14.0. The number of alkyl halides is 2. The summed E-state index contributed by atoms with van der Waals surface area (Å²) in [5.74, 6) is -0.781. The van der Waals surface area contributed by atoms with Gasteiger partial charge in [-0.25, -0.2) is 0 Å². The zero-order chi connectivity index (χ0) is 16.6. The third-order valence-corrected chi connectivity index (χ3v) is 6.86. The Hall–Kier alpha value is 0.430. The van der Waals surface area contributed by atoms with Crippen LogP contribution < -0.4 is 0 Å². The molecule has 2 unspecified atom stereocenters. The third-order valence-electron chi connectivity index (χ3n) is 4.14. The molecule has 0 amide bonds. The standard InChI is InChI=1S/C18H34Br2O2/c1-2-3-4-5-6-7-8-9-10-11-12-13-14-15-16(19)17(20)18(21)22/h16-17H,2-15H2,1H3,(H,21,22). The molecule has 0 aromatic carbocycles. The predicted octanol–water partition coefficient (Wildman–Crippen LogP) is 7.08. The van der Waals surface area contributed by atoms with Gasteiger partial charge < -0.3 is 5.11 Å². The fourth-order valence-electron chi connectivity index (χ4n) is 2.66. The average molecular weight is 442 g/mol. The van der Waals surface area contributed by atoms with Crippen molar-refractivity contribution in [3.05, 3.63) is 0 Å². The van der Waals surface area contributed by atoms with Crippen molar-refractivity contribution in [2.45, 2.75) is 106 Å². The monoisotopic (exact) mass is 440 g/mol. The first-order chi connectivity index (χ1) is 10.6. The molecule has 0 aliphatic rings. The number of aliphatic carboxylic acids is 1. The lowest BCUT2D eigenvalue weighted by Crippen LogP contribution is -2.23. The topological polar surface area (TPSA) is 37.3 Å². The van der Waals surface area contributed by atoms with Gasteiger partial charge in [-0.3, -0.25) is 4.79 Å². The minimum atomic E-state index is -0.781. The van der Waals surface area contributed by atoms with Gasteiger partial charge in [-0.05, 0) is 6.42 Å². The highest BCUT2D eigenvalue weighted by Gasteiger charge is 2.21. The number of rotatable bonds is 16. The van der Waals surface area contributed by atoms with Crippen LogP contribution in [0, 0.1) is 0 Å². The summed E-state index contributed by atoms with van der Waals surface area (Å²) < 4.78 is 0. The maximum atomic E-state index is 10.8. The quantitative estimate of drug-likeness (QED) is 0.205. The van der Waals surface area contributed by atoms with E-state index in [0.717, 1.165) is 12.8 Å². The Morgan fingerprint density at radius 2 is 1.14 bits per heavy atom. The summed E-state index contributed by atoms with van der Waals surface area (Å²) in [6, 6.07) is 0. The van der Waals surface area contributed by atoms with Crippen molar-refractivity contribution in [3.63, 3.8) is 0 Å². The summed E-state index contributed by atoms with van der Waals surface area (Å²) in [5.41, 5.74) is 0. The van der Waals surface area contributed by atoms with Gasteiger partial charge >= 0.3 is 5.97 Å². The van der Waals surface area contributed by atoms with Gasteiger partial charge in [-0.2, -0.15) is 0 Å². The number of halogens is 2. The highest BCUT2D eigenvalue weighted by atomic mass is 79.9. The molecule has 0 heterocycles. The molecule has 0 aromatic rings. The fraction of sp³-hybridized carbons (Fsp3) is 0.944. The van der Waals surface area contributed by atoms with E-state index in [9.17, 15) is 4.79 Å². The summed E-state index contributed by atoms with van der Waals surface area (Å²) in [7, 11) is 0. The van der Waals surface area contributed by atoms with E-state index < -0.39 is 10.8 Å². The first-order valence-electron chi connectivity index (χ1n) is 9.10. The Bertz CT molecular complexity index is 259. The first-order valence-corrected chi connectivity index (χ1v) is 10.9. The maximum absolute atomic E-state index is 10.8. The lowest BCUT2D eigenvalue weighted by molar-refractivity contribution is -0.136. The van der Waals surface area contributed by atoms with Crippen molar-refractivity contribution < 1.29 is 9.90 Å². The molecule has 0 rings (SSSR count). The van der Waals surface area contributed by atoms with Crippen LogP contribution >= 0.6 is 31.9 Å². The van der Waals surface area contributed by atoms with Crippen molar-refractivity contribution in [1.82, 2.24) is 0 Å². The molecule has 0 saturated carbocycles. The number of carbonyl (C=O) groups is 1. The summed E-state index contributed by atoms with van der Waals surface area (Å²) in [5, 5.41) is 8.88. The fourth-order valence-corrected chi connectivity index (χ4v) is 3.47. The van der Waals surface area contributed by atoms with Crippen LogP contribution in [0.25, 0.3) is 0 Å². The maximum Gasteiger partial charge on any atom is 0.318 e. The Morgan fingerprint density at radius 1 is 0.773 bits per heavy atom. The van der Waals surface area contributed by atoms with Crippen molar-refractivity contribution in [1.29, 1.82) is 0 Å². The van der Waals surface area contributed by atoms with Crippen LogP contribution in [0.4, 0.5) is 0 Å². The molecule has 0 saturated heterocycles. The number of carboxylic acids is 1. The number of hydrogen-bond donors (Lipinski definition) is 1. The van der Waals surface area contributed by atoms with E-state index in [2.05, 4.69) is 38.8 Å². The van der Waals surface area contributed by atoms with Crippen LogP contribution in [0.2, 0.25) is 0 Å². The molecule has 0 aliphatic heterocycles. The molecule has 4 heteroatoms. The van der Waals surface area contributed by atoms with Gasteiger partial charge in [0.1, 0.15) is 4.83 Å². The van der Waals surface area contributed by atoms with Crippen LogP contribution in [0.1, 0.15) is 96.8 Å². The Kier molecular flexibility index (Phi) is 16.6. The average Bonchev–Trinajstić information content (AvgIpc) is 2.50. The molecular weight excluding hydrogens is 408 g/mol. The molecular formula is C18H34Br2O2. The van der Waals surface area contributed by atoms with Crippen LogP contribution in [0.15, 0.2) is 0 Å². The van der Waals surface area contributed by atoms with Gasteiger partial charge in [0.25, 0.3) is 0 Å². The second kappa shape index (κ2) is 16.3. The van der Waals surface area contributed by atoms with Gasteiger partial charge in [0.05, 0.1) is 0 Å². The van der Waals surface area contributed by atoms with E-state index in [4.69, 9.17) is 5.11 Å². The second-order valence-corrected chi connectivity index (χ2v) is 8.45. The van der Waals surface area contributed by atoms with Crippen molar-refractivity contribution in [2.24, 2.45) is 0 Å². The molecule has 0 bridgehead atoms. The van der Waals surface area contributed by atoms with Gasteiger partial charge in [-0.15, -0.1) is 0 Å². The number of unbranched alkanes of at least 4 members (excludes halogenated alkanes) is 12. The van der Waals surface area contributed by atoms with Gasteiger partial charge in [0.15, 0.2) is 0 Å². The zero-order valence-electron chi connectivity index (χ0n) is 14.2. The summed E-state index contributed by atoms with van der Waals surface area (Å²) in [6.45, 7) is 2.27. The Morgan fingerprint density at radius 3 is 1.50 bits per heavy atom. The first kappa shape index (κ1) is 22.4. The molecule has 0 fully saturated rings. The molecule has 2 nitrogen and oxygen atoms in total. The smallest absolute Gasteiger partial charge is 0.318 e. The Balaban J connectivity index is 3.19. The highest BCUT2D eigenvalue weighted by molar-refractivity contribution is 9.12. The lowest BCUT2D eigenvalue weighted by Gasteiger charge is -2.12. The highest BCUT2D eigenvalue weighted by Crippen LogP contribution is 2.21. The van der Waals surface area contributed by atoms with E-state index in [0.29, 0.717) is 0 Å². The van der Waals surface area contributed by atoms with Crippen molar-refractivity contribution in [3.8, 4) is 0 Å². The largest absolute Gasteiger partial charge is 0.480 e. The molecule has 0 spiro atoms. The molecule has 0 radical (unpaired) electrons. The van der Waals surface area contributed by atoms with Gasteiger partial charge in [0, 0.05) is 4.83 Å². The molecule has 1 N–H and O–H groups in total. The number of carboxylic acid groups (broad SMARTS) is 1. The van der Waals surface area contributed by atoms with Crippen LogP contribution in [0.3, 0.4) is 0 Å². The van der Waals surface area contributed by atoms with E-state index in [1.165, 1.54) is 77.0 Å². The SMILES string of the molecule is CCCCCCCCCCCCCCCC(Br)C(Br)C(=O)O. The van der Waals surface area contributed by atoms with Gasteiger partial charge in [0.2, 0.25) is 0 Å². The Labute approximate surface area is 154 Å². The van der Waals surface area contributed by atoms with Crippen molar-refractivity contribution >= 4 is 37.8 Å². The van der Waals surface area contributed by atoms with Crippen LogP contribution in [0.5, 0.6) is 0 Å². The van der Waals surface area contributed by atoms with Crippen LogP contribution in [-0.4, -0.2) is 20.7 Å². The van der Waals surface area contributed by atoms with E-state index >= 15 is 0 Å². The summed E-state index contributed by atoms with van der Waals surface area (Å²) in [4.78, 5) is 10.4.